The molecular formula is C23H26N4O3S. The molecule has 0 bridgehead atoms. The summed E-state index contributed by atoms with van der Waals surface area (Å²) < 4.78 is 0. The number of nitrogens with one attached hydrogen (secondary N) is 2. The number of thiophene rings is 1. The number of hydrogen-bond donors (Lipinski definition) is 2. The first kappa shape index (κ1) is 20.1. The molecule has 2 aromatic rings. The molecule has 5 rings (SSSR count). The molecule has 7 nitrogen and oxygen atoms in total. The van der Waals surface area contributed by atoms with E-state index in [1.807, 2.05) is 35.6 Å². The second-order valence-electron chi connectivity index (χ2n) is 8.56. The fraction of sp³-hybridized carbons (Fsp3) is 0.435. The molecule has 1 saturated heterocycles. The maximum atomic E-state index is 12.7. The lowest BCUT2D eigenvalue weighted by Crippen LogP contribution is -2.44. The van der Waals surface area contributed by atoms with Gasteiger partial charge in [0.2, 0.25) is 5.91 Å². The number of urea groups is 1. The third kappa shape index (κ3) is 3.80. The first-order chi connectivity index (χ1) is 15.0. The van der Waals surface area contributed by atoms with Crippen molar-refractivity contribution < 1.29 is 14.4 Å². The van der Waals surface area contributed by atoms with Gasteiger partial charge in [0.05, 0.1) is 0 Å². The predicted molar refractivity (Wildman–Crippen MR) is 120 cm³/mol. The van der Waals surface area contributed by atoms with Crippen LogP contribution in [-0.2, 0) is 22.6 Å². The van der Waals surface area contributed by atoms with E-state index < -0.39 is 5.54 Å². The van der Waals surface area contributed by atoms with Gasteiger partial charge in [-0.05, 0) is 60.5 Å². The number of nitrogens with zero attached hydrogens (tertiary/aromatic N) is 2. The predicted octanol–water partition coefficient (Wildman–Crippen LogP) is 3.50. The Balaban J connectivity index is 1.14. The number of rotatable bonds is 5. The van der Waals surface area contributed by atoms with Gasteiger partial charge >= 0.3 is 6.03 Å². The van der Waals surface area contributed by atoms with Gasteiger partial charge in [0.15, 0.2) is 0 Å². The van der Waals surface area contributed by atoms with Crippen LogP contribution in [0.1, 0.15) is 42.5 Å². The molecule has 162 valence electrons. The normalized spacial score (nSPS) is 19.6. The van der Waals surface area contributed by atoms with Gasteiger partial charge in [0.25, 0.3) is 5.91 Å². The van der Waals surface area contributed by atoms with E-state index in [1.165, 1.54) is 15.3 Å². The number of fused-ring (bicyclic) bond motifs is 1. The molecule has 3 heterocycles. The van der Waals surface area contributed by atoms with E-state index in [0.717, 1.165) is 38.0 Å². The Kier molecular flexibility index (Phi) is 5.17. The van der Waals surface area contributed by atoms with Crippen molar-refractivity contribution in [3.8, 4) is 0 Å². The summed E-state index contributed by atoms with van der Waals surface area (Å²) in [6.07, 6.45) is 4.43. The molecule has 1 saturated carbocycles. The zero-order valence-electron chi connectivity index (χ0n) is 17.4. The fourth-order valence-corrected chi connectivity index (χ4v) is 5.75. The summed E-state index contributed by atoms with van der Waals surface area (Å²) in [5.41, 5.74) is 2.53. The standard InChI is InChI=1S/C23H26N4O3S/c28-20(8-13-27-21(29)23(25-22(27)30)10-1-2-11-23)24-17-3-5-18(6-4-17)26-12-7-19-16(15-26)9-14-31-19/h3-6,9,14H,1-2,7-8,10-13,15H2,(H,24,28)(H,25,30). The van der Waals surface area contributed by atoms with Crippen LogP contribution in [0.25, 0.3) is 0 Å². The minimum Gasteiger partial charge on any atom is -0.367 e. The Morgan fingerprint density at radius 1 is 1.13 bits per heavy atom. The molecule has 1 aromatic carbocycles. The quantitative estimate of drug-likeness (QED) is 0.700. The fourth-order valence-electron chi connectivity index (χ4n) is 4.86. The minimum absolute atomic E-state index is 0.0874. The van der Waals surface area contributed by atoms with E-state index in [0.29, 0.717) is 18.5 Å². The topological polar surface area (TPSA) is 81.8 Å². The Morgan fingerprint density at radius 3 is 2.68 bits per heavy atom. The smallest absolute Gasteiger partial charge is 0.325 e. The lowest BCUT2D eigenvalue weighted by atomic mass is 9.98. The van der Waals surface area contributed by atoms with Gasteiger partial charge < -0.3 is 15.5 Å². The highest BCUT2D eigenvalue weighted by Crippen LogP contribution is 2.35. The molecule has 1 aliphatic carbocycles. The van der Waals surface area contributed by atoms with Crippen LogP contribution in [0.4, 0.5) is 16.2 Å². The van der Waals surface area contributed by atoms with Gasteiger partial charge in [-0.1, -0.05) is 12.8 Å². The van der Waals surface area contributed by atoms with Crippen LogP contribution in [0.15, 0.2) is 35.7 Å². The highest BCUT2D eigenvalue weighted by molar-refractivity contribution is 7.10. The van der Waals surface area contributed by atoms with Crippen LogP contribution in [0.5, 0.6) is 0 Å². The van der Waals surface area contributed by atoms with Crippen LogP contribution in [-0.4, -0.2) is 41.4 Å². The number of amides is 4. The molecule has 0 unspecified atom stereocenters. The number of imide groups is 1. The van der Waals surface area contributed by atoms with Crippen LogP contribution < -0.4 is 15.5 Å². The first-order valence-electron chi connectivity index (χ1n) is 10.9. The van der Waals surface area contributed by atoms with Crippen molar-refractivity contribution in [3.63, 3.8) is 0 Å². The van der Waals surface area contributed by atoms with Crippen molar-refractivity contribution in [2.45, 2.75) is 50.6 Å². The largest absolute Gasteiger partial charge is 0.367 e. The van der Waals surface area contributed by atoms with Crippen LogP contribution in [0.2, 0.25) is 0 Å². The molecule has 0 radical (unpaired) electrons. The molecule has 2 aliphatic heterocycles. The third-order valence-corrected chi connectivity index (χ3v) is 7.61. The van der Waals surface area contributed by atoms with E-state index in [1.54, 1.807) is 0 Å². The lowest BCUT2D eigenvalue weighted by molar-refractivity contribution is -0.131. The molecule has 8 heteroatoms. The second-order valence-corrected chi connectivity index (χ2v) is 9.56. The molecule has 2 fully saturated rings. The average molecular weight is 439 g/mol. The molecule has 0 atom stereocenters. The SMILES string of the molecule is O=C(CCN1C(=O)NC2(CCCC2)C1=O)Nc1ccc(N2CCc3sccc3C2)cc1. The molecule has 1 aromatic heterocycles. The number of carbonyl (C=O) groups is 3. The average Bonchev–Trinajstić information content (AvgIpc) is 3.48. The van der Waals surface area contributed by atoms with Crippen molar-refractivity contribution in [3.05, 3.63) is 46.2 Å². The van der Waals surface area contributed by atoms with Gasteiger partial charge in [0.1, 0.15) is 5.54 Å². The highest BCUT2D eigenvalue weighted by Gasteiger charge is 2.52. The minimum atomic E-state index is -0.721. The number of carbonyl (C=O) groups excluding carboxylic acids is 3. The van der Waals surface area contributed by atoms with Crippen molar-refractivity contribution in [2.24, 2.45) is 0 Å². The molecule has 31 heavy (non-hydrogen) atoms. The molecular weight excluding hydrogens is 412 g/mol. The zero-order chi connectivity index (χ0) is 21.4. The van der Waals surface area contributed by atoms with Gasteiger partial charge in [-0.15, -0.1) is 11.3 Å². The Bertz CT molecular complexity index is 1010. The molecule has 4 amide bonds. The van der Waals surface area contributed by atoms with Gasteiger partial charge in [-0.3, -0.25) is 14.5 Å². The monoisotopic (exact) mass is 438 g/mol. The number of benzene rings is 1. The highest BCUT2D eigenvalue weighted by atomic mass is 32.1. The van der Waals surface area contributed by atoms with Crippen LogP contribution in [0.3, 0.4) is 0 Å². The summed E-state index contributed by atoms with van der Waals surface area (Å²) in [6, 6.07) is 9.66. The molecule has 3 aliphatic rings. The molecule has 2 N–H and O–H groups in total. The molecule has 1 spiro atoms. The number of anilines is 2. The van der Waals surface area contributed by atoms with Crippen LogP contribution in [0, 0.1) is 0 Å². The van der Waals surface area contributed by atoms with Crippen LogP contribution >= 0.6 is 11.3 Å². The van der Waals surface area contributed by atoms with Crippen molar-refractivity contribution in [1.82, 2.24) is 10.2 Å². The van der Waals surface area contributed by atoms with Gasteiger partial charge in [-0.2, -0.15) is 0 Å². The summed E-state index contributed by atoms with van der Waals surface area (Å²) in [5.74, 6) is -0.385. The summed E-state index contributed by atoms with van der Waals surface area (Å²) in [4.78, 5) is 42.3. The van der Waals surface area contributed by atoms with Gasteiger partial charge in [-0.25, -0.2) is 4.79 Å². The van der Waals surface area contributed by atoms with Crippen molar-refractivity contribution >= 4 is 40.6 Å². The summed E-state index contributed by atoms with van der Waals surface area (Å²) >= 11 is 1.83. The zero-order valence-corrected chi connectivity index (χ0v) is 18.2. The first-order valence-corrected chi connectivity index (χ1v) is 11.8. The van der Waals surface area contributed by atoms with E-state index in [2.05, 4.69) is 27.0 Å². The summed E-state index contributed by atoms with van der Waals surface area (Å²) in [6.45, 7) is 2.01. The van der Waals surface area contributed by atoms with E-state index in [4.69, 9.17) is 0 Å². The Hall–Kier alpha value is -2.87. The Morgan fingerprint density at radius 2 is 1.90 bits per heavy atom. The summed E-state index contributed by atoms with van der Waals surface area (Å²) in [7, 11) is 0. The Labute approximate surface area is 185 Å². The third-order valence-electron chi connectivity index (χ3n) is 6.59. The summed E-state index contributed by atoms with van der Waals surface area (Å²) in [5, 5.41) is 7.87. The maximum absolute atomic E-state index is 12.7. The maximum Gasteiger partial charge on any atom is 0.325 e. The van der Waals surface area contributed by atoms with Crippen molar-refractivity contribution in [2.75, 3.05) is 23.3 Å². The van der Waals surface area contributed by atoms with E-state index in [9.17, 15) is 14.4 Å². The van der Waals surface area contributed by atoms with Crippen molar-refractivity contribution in [1.29, 1.82) is 0 Å². The van der Waals surface area contributed by atoms with E-state index in [-0.39, 0.29) is 30.8 Å². The number of hydrogen-bond acceptors (Lipinski definition) is 5. The van der Waals surface area contributed by atoms with E-state index >= 15 is 0 Å². The van der Waals surface area contributed by atoms with Gasteiger partial charge in [0, 0.05) is 42.3 Å². The lowest BCUT2D eigenvalue weighted by Gasteiger charge is -2.29. The second kappa shape index (κ2) is 8.00.